The maximum Gasteiger partial charge on any atom is 0.416 e. The molecule has 2 aromatic carbocycles. The maximum atomic E-state index is 13.4. The molecule has 0 spiro atoms. The number of nitrogens with zero attached hydrogens (tertiary/aromatic N) is 4. The Kier molecular flexibility index (Phi) is 8.13. The van der Waals surface area contributed by atoms with E-state index in [9.17, 15) is 18.0 Å². The minimum absolute atomic E-state index is 0.0925. The van der Waals surface area contributed by atoms with Gasteiger partial charge < -0.3 is 19.3 Å². The number of anilines is 1. The number of piperazine rings is 1. The molecule has 2 fully saturated rings. The lowest BCUT2D eigenvalue weighted by Gasteiger charge is -2.37. The van der Waals surface area contributed by atoms with Crippen LogP contribution in [0.15, 0.2) is 54.6 Å². The first-order chi connectivity index (χ1) is 18.8. The molecule has 0 unspecified atom stereocenters. The zero-order valence-electron chi connectivity index (χ0n) is 21.8. The van der Waals surface area contributed by atoms with Crippen LogP contribution in [0.5, 0.6) is 0 Å². The standard InChI is InChI=1S/C29H31F3N4O3/c1-38-19-25-24(17-20-6-5-9-23(16-20)29(30,31)32)27(34-26(33-25)21-7-3-2-4-8-21)35-11-13-36(14-12-35)28(37)22-10-15-39-18-22/h2-9,16,22H,10-15,17-19H2,1H3/t22-/m0/s1. The zero-order valence-corrected chi connectivity index (χ0v) is 21.8. The van der Waals surface area contributed by atoms with Gasteiger partial charge in [-0.3, -0.25) is 4.79 Å². The Bertz CT molecular complexity index is 1290. The van der Waals surface area contributed by atoms with Gasteiger partial charge in [-0.15, -0.1) is 0 Å². The van der Waals surface area contributed by atoms with Crippen LogP contribution in [0.2, 0.25) is 0 Å². The monoisotopic (exact) mass is 540 g/mol. The van der Waals surface area contributed by atoms with Crippen molar-refractivity contribution in [3.8, 4) is 11.4 Å². The number of amides is 1. The number of hydrogen-bond donors (Lipinski definition) is 0. The molecule has 0 bridgehead atoms. The smallest absolute Gasteiger partial charge is 0.381 e. The lowest BCUT2D eigenvalue weighted by molar-refractivity contribution is -0.137. The second-order valence-electron chi connectivity index (χ2n) is 9.84. The summed E-state index contributed by atoms with van der Waals surface area (Å²) < 4.78 is 51.2. The number of ether oxygens (including phenoxy) is 2. The number of rotatable bonds is 7. The fraction of sp³-hybridized carbons (Fsp3) is 0.414. The highest BCUT2D eigenvalue weighted by Crippen LogP contribution is 2.33. The molecule has 39 heavy (non-hydrogen) atoms. The molecule has 3 aromatic rings. The van der Waals surface area contributed by atoms with E-state index in [0.717, 1.165) is 23.6 Å². The first kappa shape index (κ1) is 27.1. The molecule has 1 atom stereocenters. The summed E-state index contributed by atoms with van der Waals surface area (Å²) in [6.45, 7) is 3.42. The Morgan fingerprint density at radius 3 is 2.49 bits per heavy atom. The molecule has 0 saturated carbocycles. The number of methoxy groups -OCH3 is 1. The summed E-state index contributed by atoms with van der Waals surface area (Å²) in [6, 6.07) is 14.9. The van der Waals surface area contributed by atoms with Crippen molar-refractivity contribution < 1.29 is 27.4 Å². The Morgan fingerprint density at radius 1 is 1.05 bits per heavy atom. The van der Waals surface area contributed by atoms with Crippen molar-refractivity contribution in [3.63, 3.8) is 0 Å². The highest BCUT2D eigenvalue weighted by Gasteiger charge is 2.32. The number of hydrogen-bond acceptors (Lipinski definition) is 6. The zero-order chi connectivity index (χ0) is 27.4. The maximum absolute atomic E-state index is 13.4. The van der Waals surface area contributed by atoms with Crippen LogP contribution in [0.4, 0.5) is 19.0 Å². The van der Waals surface area contributed by atoms with Crippen LogP contribution in [-0.4, -0.2) is 67.3 Å². The summed E-state index contributed by atoms with van der Waals surface area (Å²) in [4.78, 5) is 26.6. The molecule has 1 aromatic heterocycles. The van der Waals surface area contributed by atoms with Crippen molar-refractivity contribution >= 4 is 11.7 Å². The molecule has 0 aliphatic carbocycles. The Balaban J connectivity index is 1.50. The van der Waals surface area contributed by atoms with Crippen molar-refractivity contribution in [3.05, 3.63) is 77.0 Å². The van der Waals surface area contributed by atoms with Crippen LogP contribution < -0.4 is 4.90 Å². The average molecular weight is 541 g/mol. The van der Waals surface area contributed by atoms with Crippen molar-refractivity contribution in [2.45, 2.75) is 25.6 Å². The van der Waals surface area contributed by atoms with E-state index in [1.807, 2.05) is 35.2 Å². The summed E-state index contributed by atoms with van der Waals surface area (Å²) >= 11 is 0. The largest absolute Gasteiger partial charge is 0.416 e. The molecule has 0 radical (unpaired) electrons. The number of carbonyl (C=O) groups is 1. The fourth-order valence-electron chi connectivity index (χ4n) is 5.12. The van der Waals surface area contributed by atoms with Crippen molar-refractivity contribution in [2.24, 2.45) is 5.92 Å². The SMILES string of the molecule is COCc1nc(-c2ccccc2)nc(N2CCN(C(=O)[C@H]3CCOC3)CC2)c1Cc1cccc(C(F)(F)F)c1. The summed E-state index contributed by atoms with van der Waals surface area (Å²) in [5, 5.41) is 0. The molecular formula is C29H31F3N4O3. The highest BCUT2D eigenvalue weighted by molar-refractivity contribution is 5.79. The molecule has 2 saturated heterocycles. The topological polar surface area (TPSA) is 67.8 Å². The van der Waals surface area contributed by atoms with Gasteiger partial charge in [0.2, 0.25) is 5.91 Å². The summed E-state index contributed by atoms with van der Waals surface area (Å²) in [7, 11) is 1.56. The Hall–Kier alpha value is -3.50. The molecule has 2 aliphatic heterocycles. The van der Waals surface area contributed by atoms with Crippen molar-refractivity contribution in [2.75, 3.05) is 51.4 Å². The van der Waals surface area contributed by atoms with Gasteiger partial charge in [0.15, 0.2) is 5.82 Å². The summed E-state index contributed by atoms with van der Waals surface area (Å²) in [5.74, 6) is 1.20. The van der Waals surface area contributed by atoms with E-state index in [2.05, 4.69) is 4.90 Å². The van der Waals surface area contributed by atoms with E-state index >= 15 is 0 Å². The Morgan fingerprint density at radius 2 is 1.82 bits per heavy atom. The third-order valence-corrected chi connectivity index (χ3v) is 7.19. The van der Waals surface area contributed by atoms with Gasteiger partial charge in [0.25, 0.3) is 0 Å². The third kappa shape index (κ3) is 6.23. The van der Waals surface area contributed by atoms with Crippen LogP contribution >= 0.6 is 0 Å². The van der Waals surface area contributed by atoms with E-state index in [4.69, 9.17) is 19.4 Å². The Labute approximate surface area is 225 Å². The average Bonchev–Trinajstić information content (AvgIpc) is 3.49. The molecule has 3 heterocycles. The minimum Gasteiger partial charge on any atom is -0.381 e. The van der Waals surface area contributed by atoms with Gasteiger partial charge in [0, 0.05) is 57.4 Å². The fourth-order valence-corrected chi connectivity index (χ4v) is 5.12. The van der Waals surface area contributed by atoms with E-state index in [0.29, 0.717) is 62.3 Å². The first-order valence-corrected chi connectivity index (χ1v) is 13.0. The van der Waals surface area contributed by atoms with E-state index in [1.54, 1.807) is 13.2 Å². The number of carbonyl (C=O) groups excluding carboxylic acids is 1. The van der Waals surface area contributed by atoms with Crippen molar-refractivity contribution in [1.29, 1.82) is 0 Å². The lowest BCUT2D eigenvalue weighted by Crippen LogP contribution is -2.51. The summed E-state index contributed by atoms with van der Waals surface area (Å²) in [6.07, 6.45) is -3.48. The van der Waals surface area contributed by atoms with Gasteiger partial charge in [-0.05, 0) is 18.1 Å². The molecule has 10 heteroatoms. The summed E-state index contributed by atoms with van der Waals surface area (Å²) in [5.41, 5.74) is 1.99. The molecule has 1 amide bonds. The molecule has 7 nitrogen and oxygen atoms in total. The van der Waals surface area contributed by atoms with Gasteiger partial charge >= 0.3 is 6.18 Å². The van der Waals surface area contributed by atoms with Gasteiger partial charge in [0.05, 0.1) is 30.4 Å². The van der Waals surface area contributed by atoms with Gasteiger partial charge in [-0.2, -0.15) is 13.2 Å². The predicted molar refractivity (Wildman–Crippen MR) is 140 cm³/mol. The lowest BCUT2D eigenvalue weighted by atomic mass is 10.0. The van der Waals surface area contributed by atoms with Crippen LogP contribution in [-0.2, 0) is 33.5 Å². The molecular weight excluding hydrogens is 509 g/mol. The highest BCUT2D eigenvalue weighted by atomic mass is 19.4. The number of aromatic nitrogens is 2. The van der Waals surface area contributed by atoms with Crippen LogP contribution in [0.3, 0.4) is 0 Å². The van der Waals surface area contributed by atoms with Gasteiger partial charge in [-0.1, -0.05) is 48.5 Å². The molecule has 0 N–H and O–H groups in total. The van der Waals surface area contributed by atoms with Crippen LogP contribution in [0.1, 0.15) is 28.8 Å². The second kappa shape index (κ2) is 11.7. The number of benzene rings is 2. The predicted octanol–water partition coefficient (Wildman–Crippen LogP) is 4.58. The number of halogens is 3. The quantitative estimate of drug-likeness (QED) is 0.437. The number of alkyl halides is 3. The van der Waals surface area contributed by atoms with Crippen LogP contribution in [0.25, 0.3) is 11.4 Å². The first-order valence-electron chi connectivity index (χ1n) is 13.0. The normalized spacial score (nSPS) is 18.0. The second-order valence-corrected chi connectivity index (χ2v) is 9.84. The molecule has 5 rings (SSSR count). The van der Waals surface area contributed by atoms with Gasteiger partial charge in [-0.25, -0.2) is 9.97 Å². The van der Waals surface area contributed by atoms with Gasteiger partial charge in [0.1, 0.15) is 5.82 Å². The van der Waals surface area contributed by atoms with Crippen LogP contribution in [0, 0.1) is 5.92 Å². The van der Waals surface area contributed by atoms with E-state index in [-0.39, 0.29) is 24.9 Å². The molecule has 206 valence electrons. The third-order valence-electron chi connectivity index (χ3n) is 7.19. The minimum atomic E-state index is -4.44. The van der Waals surface area contributed by atoms with E-state index < -0.39 is 11.7 Å². The molecule has 2 aliphatic rings. The van der Waals surface area contributed by atoms with Crippen molar-refractivity contribution in [1.82, 2.24) is 14.9 Å². The van der Waals surface area contributed by atoms with E-state index in [1.165, 1.54) is 12.1 Å².